The van der Waals surface area contributed by atoms with Crippen molar-refractivity contribution in [3.8, 4) is 0 Å². The molecule has 0 aliphatic rings. The Morgan fingerprint density at radius 3 is 2.82 bits per heavy atom. The normalized spacial score (nSPS) is 10.6. The Balaban J connectivity index is 2.62. The number of amides is 1. The first-order valence-electron chi connectivity index (χ1n) is 5.52. The number of hydrogen-bond acceptors (Lipinski definition) is 3. The fourth-order valence-corrected chi connectivity index (χ4v) is 2.07. The summed E-state index contributed by atoms with van der Waals surface area (Å²) in [5.41, 5.74) is 7.65. The van der Waals surface area contributed by atoms with E-state index in [0.717, 1.165) is 15.7 Å². The summed E-state index contributed by atoms with van der Waals surface area (Å²) >= 11 is 3.47. The summed E-state index contributed by atoms with van der Waals surface area (Å²) in [6, 6.07) is 5.71. The lowest BCUT2D eigenvalue weighted by molar-refractivity contribution is -0.121. The fourth-order valence-electron chi connectivity index (χ4n) is 1.57. The predicted octanol–water partition coefficient (Wildman–Crippen LogP) is 1.60. The van der Waals surface area contributed by atoms with Crippen LogP contribution in [0.25, 0.3) is 0 Å². The summed E-state index contributed by atoms with van der Waals surface area (Å²) in [7, 11) is 1.90. The lowest BCUT2D eigenvalue weighted by Crippen LogP contribution is -2.34. The van der Waals surface area contributed by atoms with Gasteiger partial charge in [0.05, 0.1) is 6.54 Å². The molecule has 0 aliphatic carbocycles. The van der Waals surface area contributed by atoms with Gasteiger partial charge in [0.15, 0.2) is 0 Å². The van der Waals surface area contributed by atoms with Gasteiger partial charge in [0.1, 0.15) is 0 Å². The molecule has 1 rings (SSSR count). The van der Waals surface area contributed by atoms with Crippen LogP contribution >= 0.6 is 15.9 Å². The first-order chi connectivity index (χ1) is 8.04. The second kappa shape index (κ2) is 6.61. The summed E-state index contributed by atoms with van der Waals surface area (Å²) < 4.78 is 0.972. The Morgan fingerprint density at radius 2 is 2.24 bits per heavy atom. The molecule has 5 heteroatoms. The van der Waals surface area contributed by atoms with Gasteiger partial charge in [0.2, 0.25) is 5.91 Å². The largest absolute Gasteiger partial charge is 0.398 e. The molecule has 0 fully saturated rings. The molecule has 0 aromatic heterocycles. The number of likely N-dealkylation sites (N-methyl/N-ethyl adjacent to an activating group) is 2. The van der Waals surface area contributed by atoms with E-state index in [9.17, 15) is 4.79 Å². The molecule has 0 aliphatic heterocycles. The van der Waals surface area contributed by atoms with Gasteiger partial charge in [0, 0.05) is 28.8 Å². The van der Waals surface area contributed by atoms with E-state index < -0.39 is 0 Å². The van der Waals surface area contributed by atoms with Crippen molar-refractivity contribution in [2.45, 2.75) is 13.5 Å². The Kier molecular flexibility index (Phi) is 5.44. The molecular weight excluding hydrogens is 282 g/mol. The molecular formula is C12H18BrN3O. The van der Waals surface area contributed by atoms with E-state index in [1.165, 1.54) is 0 Å². The number of nitrogens with one attached hydrogen (secondary N) is 1. The molecule has 1 aromatic rings. The van der Waals surface area contributed by atoms with Gasteiger partial charge in [-0.15, -0.1) is 0 Å². The highest BCUT2D eigenvalue weighted by Gasteiger charge is 2.10. The third kappa shape index (κ3) is 4.36. The Morgan fingerprint density at radius 1 is 1.53 bits per heavy atom. The van der Waals surface area contributed by atoms with Crippen LogP contribution < -0.4 is 11.1 Å². The number of rotatable bonds is 5. The summed E-state index contributed by atoms with van der Waals surface area (Å²) in [5, 5.41) is 2.77. The van der Waals surface area contributed by atoms with Crippen LogP contribution in [0.4, 0.5) is 5.69 Å². The van der Waals surface area contributed by atoms with Crippen LogP contribution in [0.5, 0.6) is 0 Å². The summed E-state index contributed by atoms with van der Waals surface area (Å²) in [5.74, 6) is 0.0284. The summed E-state index contributed by atoms with van der Waals surface area (Å²) in [4.78, 5) is 13.3. The van der Waals surface area contributed by atoms with E-state index >= 15 is 0 Å². The van der Waals surface area contributed by atoms with Crippen LogP contribution in [0.2, 0.25) is 0 Å². The fraction of sp³-hybridized carbons (Fsp3) is 0.417. The quantitative estimate of drug-likeness (QED) is 0.812. The average molecular weight is 300 g/mol. The van der Waals surface area contributed by atoms with Crippen molar-refractivity contribution in [3.63, 3.8) is 0 Å². The number of nitrogen functional groups attached to an aromatic ring is 1. The van der Waals surface area contributed by atoms with E-state index in [1.54, 1.807) is 0 Å². The highest BCUT2D eigenvalue weighted by molar-refractivity contribution is 9.10. The molecule has 1 amide bonds. The van der Waals surface area contributed by atoms with E-state index in [0.29, 0.717) is 19.6 Å². The summed E-state index contributed by atoms with van der Waals surface area (Å²) in [6.07, 6.45) is 0. The van der Waals surface area contributed by atoms with Gasteiger partial charge < -0.3 is 11.1 Å². The van der Waals surface area contributed by atoms with Crippen molar-refractivity contribution < 1.29 is 4.79 Å². The van der Waals surface area contributed by atoms with Gasteiger partial charge in [-0.3, -0.25) is 9.69 Å². The first-order valence-corrected chi connectivity index (χ1v) is 6.32. The number of nitrogens with zero attached hydrogens (tertiary/aromatic N) is 1. The molecule has 0 atom stereocenters. The molecule has 4 nitrogen and oxygen atoms in total. The molecule has 0 unspecified atom stereocenters. The number of carbonyl (C=O) groups excluding carboxylic acids is 1. The van der Waals surface area contributed by atoms with E-state index in [4.69, 9.17) is 5.73 Å². The van der Waals surface area contributed by atoms with Gasteiger partial charge in [-0.25, -0.2) is 0 Å². The highest BCUT2D eigenvalue weighted by Crippen LogP contribution is 2.23. The number of halogens is 1. The third-order valence-corrected chi connectivity index (χ3v) is 3.11. The van der Waals surface area contributed by atoms with E-state index in [-0.39, 0.29) is 5.91 Å². The number of anilines is 1. The third-order valence-electron chi connectivity index (χ3n) is 2.37. The average Bonchev–Trinajstić information content (AvgIpc) is 2.24. The minimum atomic E-state index is 0.0284. The molecule has 0 heterocycles. The van der Waals surface area contributed by atoms with Crippen molar-refractivity contribution in [1.82, 2.24) is 10.2 Å². The van der Waals surface area contributed by atoms with Crippen molar-refractivity contribution in [2.75, 3.05) is 25.9 Å². The Bertz CT molecular complexity index is 375. The molecule has 0 spiro atoms. The molecule has 0 radical (unpaired) electrons. The predicted molar refractivity (Wildman–Crippen MR) is 73.6 cm³/mol. The zero-order valence-electron chi connectivity index (χ0n) is 10.2. The molecule has 94 valence electrons. The van der Waals surface area contributed by atoms with Crippen molar-refractivity contribution >= 4 is 27.5 Å². The van der Waals surface area contributed by atoms with Crippen LogP contribution in [0.1, 0.15) is 12.5 Å². The van der Waals surface area contributed by atoms with Crippen LogP contribution in [0.3, 0.4) is 0 Å². The standard InChI is InChI=1S/C12H18BrN3O/c1-3-15-12(17)8-16(2)7-9-10(13)5-4-6-11(9)14/h4-6H,3,7-8,14H2,1-2H3,(H,15,17). The van der Waals surface area contributed by atoms with Gasteiger partial charge in [0.25, 0.3) is 0 Å². The molecule has 0 saturated carbocycles. The first kappa shape index (κ1) is 14.0. The van der Waals surface area contributed by atoms with E-state index in [2.05, 4.69) is 21.2 Å². The van der Waals surface area contributed by atoms with Gasteiger partial charge >= 0.3 is 0 Å². The van der Waals surface area contributed by atoms with Crippen molar-refractivity contribution in [2.24, 2.45) is 0 Å². The topological polar surface area (TPSA) is 58.4 Å². The van der Waals surface area contributed by atoms with Gasteiger partial charge in [-0.1, -0.05) is 22.0 Å². The van der Waals surface area contributed by atoms with Gasteiger partial charge in [-0.05, 0) is 26.1 Å². The lowest BCUT2D eigenvalue weighted by Gasteiger charge is -2.18. The molecule has 0 bridgehead atoms. The minimum Gasteiger partial charge on any atom is -0.398 e. The molecule has 1 aromatic carbocycles. The number of hydrogen-bond donors (Lipinski definition) is 2. The zero-order valence-corrected chi connectivity index (χ0v) is 11.8. The minimum absolute atomic E-state index is 0.0284. The van der Waals surface area contributed by atoms with E-state index in [1.807, 2.05) is 37.1 Å². The molecule has 17 heavy (non-hydrogen) atoms. The second-order valence-corrected chi connectivity index (χ2v) is 4.79. The molecule has 3 N–H and O–H groups in total. The maximum Gasteiger partial charge on any atom is 0.234 e. The van der Waals surface area contributed by atoms with Crippen LogP contribution in [0, 0.1) is 0 Å². The maximum atomic E-state index is 11.4. The maximum absolute atomic E-state index is 11.4. The van der Waals surface area contributed by atoms with Crippen LogP contribution in [-0.2, 0) is 11.3 Å². The Hall–Kier alpha value is -1.07. The number of carbonyl (C=O) groups is 1. The summed E-state index contributed by atoms with van der Waals surface area (Å²) in [6.45, 7) is 3.58. The highest BCUT2D eigenvalue weighted by atomic mass is 79.9. The number of benzene rings is 1. The van der Waals surface area contributed by atoms with Crippen molar-refractivity contribution in [3.05, 3.63) is 28.2 Å². The Labute approximate surface area is 110 Å². The zero-order chi connectivity index (χ0) is 12.8. The van der Waals surface area contributed by atoms with Crippen LogP contribution in [-0.4, -0.2) is 30.9 Å². The van der Waals surface area contributed by atoms with Gasteiger partial charge in [-0.2, -0.15) is 0 Å². The lowest BCUT2D eigenvalue weighted by atomic mass is 10.1. The SMILES string of the molecule is CCNC(=O)CN(C)Cc1c(N)cccc1Br. The second-order valence-electron chi connectivity index (χ2n) is 3.93. The van der Waals surface area contributed by atoms with Crippen molar-refractivity contribution in [1.29, 1.82) is 0 Å². The monoisotopic (exact) mass is 299 g/mol. The smallest absolute Gasteiger partial charge is 0.234 e. The van der Waals surface area contributed by atoms with Crippen LogP contribution in [0.15, 0.2) is 22.7 Å². The molecule has 0 saturated heterocycles. The number of nitrogens with two attached hydrogens (primary N) is 1.